The number of aliphatic hydroxyl groups is 2. The molecule has 2 N–H and O–H groups in total. The third-order valence-corrected chi connectivity index (χ3v) is 10.5. The lowest BCUT2D eigenvalue weighted by Crippen LogP contribution is -2.51. The predicted molar refractivity (Wildman–Crippen MR) is 116 cm³/mol. The van der Waals surface area contributed by atoms with Gasteiger partial charge in [0.15, 0.2) is 5.60 Å². The summed E-state index contributed by atoms with van der Waals surface area (Å²) in [5.74, 6) is 2.61. The zero-order valence-electron chi connectivity index (χ0n) is 19.6. The second-order valence-corrected chi connectivity index (χ2v) is 12.2. The molecular formula is C26H41F3O2. The molecule has 3 saturated carbocycles. The van der Waals surface area contributed by atoms with E-state index in [4.69, 9.17) is 0 Å². The van der Waals surface area contributed by atoms with Crippen molar-refractivity contribution >= 4 is 0 Å². The fourth-order valence-electron chi connectivity index (χ4n) is 8.47. The highest BCUT2D eigenvalue weighted by molar-refractivity contribution is 5.25. The molecule has 3 fully saturated rings. The van der Waals surface area contributed by atoms with Crippen LogP contribution in [0.2, 0.25) is 0 Å². The summed E-state index contributed by atoms with van der Waals surface area (Å²) in [5.41, 5.74) is -0.699. The summed E-state index contributed by atoms with van der Waals surface area (Å²) in [6.07, 6.45) is 6.46. The maximum Gasteiger partial charge on any atom is 0.416 e. The van der Waals surface area contributed by atoms with Gasteiger partial charge in [-0.05, 0) is 112 Å². The van der Waals surface area contributed by atoms with Crippen LogP contribution in [0.3, 0.4) is 0 Å². The van der Waals surface area contributed by atoms with Gasteiger partial charge in [0.1, 0.15) is 0 Å². The van der Waals surface area contributed by atoms with Gasteiger partial charge in [0.05, 0.1) is 6.10 Å². The van der Waals surface area contributed by atoms with Gasteiger partial charge in [-0.1, -0.05) is 32.4 Å². The van der Waals surface area contributed by atoms with Crippen molar-refractivity contribution in [2.75, 3.05) is 0 Å². The van der Waals surface area contributed by atoms with E-state index in [2.05, 4.69) is 26.8 Å². The van der Waals surface area contributed by atoms with Crippen LogP contribution in [0.1, 0.15) is 91.9 Å². The Morgan fingerprint density at radius 1 is 1.10 bits per heavy atom. The number of fused-ring (bicyclic) bond motifs is 5. The van der Waals surface area contributed by atoms with Crippen molar-refractivity contribution in [2.24, 2.45) is 40.4 Å². The molecule has 0 saturated heterocycles. The van der Waals surface area contributed by atoms with Crippen LogP contribution in [0, 0.1) is 40.4 Å². The Morgan fingerprint density at radius 2 is 1.81 bits per heavy atom. The Labute approximate surface area is 185 Å². The van der Waals surface area contributed by atoms with E-state index in [1.807, 2.05) is 0 Å². The molecule has 4 aliphatic carbocycles. The molecule has 9 atom stereocenters. The number of allylic oxidation sites excluding steroid dienone is 1. The second-order valence-electron chi connectivity index (χ2n) is 12.2. The first-order valence-electron chi connectivity index (χ1n) is 12.5. The average molecular weight is 443 g/mol. The van der Waals surface area contributed by atoms with E-state index < -0.39 is 11.8 Å². The molecule has 0 aromatic rings. The first-order valence-corrected chi connectivity index (χ1v) is 12.5. The number of halogens is 3. The number of alkyl halides is 3. The van der Waals surface area contributed by atoms with Gasteiger partial charge < -0.3 is 10.2 Å². The van der Waals surface area contributed by atoms with Crippen LogP contribution in [-0.2, 0) is 0 Å². The van der Waals surface area contributed by atoms with Crippen LogP contribution in [-0.4, -0.2) is 28.1 Å². The van der Waals surface area contributed by atoms with Crippen LogP contribution in [0.25, 0.3) is 0 Å². The summed E-state index contributed by atoms with van der Waals surface area (Å²) in [7, 11) is 0. The molecule has 0 radical (unpaired) electrons. The quantitative estimate of drug-likeness (QED) is 0.478. The van der Waals surface area contributed by atoms with Crippen molar-refractivity contribution in [3.8, 4) is 0 Å². The summed E-state index contributed by atoms with van der Waals surface area (Å²) < 4.78 is 39.3. The third kappa shape index (κ3) is 3.80. The van der Waals surface area contributed by atoms with Gasteiger partial charge in [0, 0.05) is 0 Å². The molecule has 4 aliphatic rings. The normalized spacial score (nSPS) is 45.7. The summed E-state index contributed by atoms with van der Waals surface area (Å²) in [4.78, 5) is 0. The lowest BCUT2D eigenvalue weighted by atomic mass is 9.47. The molecule has 2 nitrogen and oxygen atoms in total. The maximum atomic E-state index is 13.1. The van der Waals surface area contributed by atoms with Gasteiger partial charge in [-0.3, -0.25) is 0 Å². The van der Waals surface area contributed by atoms with Gasteiger partial charge in [-0.2, -0.15) is 13.2 Å². The van der Waals surface area contributed by atoms with Crippen molar-refractivity contribution in [1.82, 2.24) is 0 Å². The number of aliphatic hydroxyl groups excluding tert-OH is 1. The highest BCUT2D eigenvalue weighted by atomic mass is 19.4. The molecule has 31 heavy (non-hydrogen) atoms. The van der Waals surface area contributed by atoms with E-state index in [1.165, 1.54) is 18.4 Å². The van der Waals surface area contributed by atoms with Crippen LogP contribution < -0.4 is 0 Å². The molecule has 5 heteroatoms. The number of hydrogen-bond donors (Lipinski definition) is 2. The van der Waals surface area contributed by atoms with Gasteiger partial charge in [0.25, 0.3) is 0 Å². The van der Waals surface area contributed by atoms with Crippen LogP contribution >= 0.6 is 0 Å². The van der Waals surface area contributed by atoms with Crippen molar-refractivity contribution in [3.05, 3.63) is 11.6 Å². The zero-order valence-corrected chi connectivity index (χ0v) is 19.6. The Kier molecular flexibility index (Phi) is 5.90. The van der Waals surface area contributed by atoms with E-state index >= 15 is 0 Å². The van der Waals surface area contributed by atoms with Gasteiger partial charge in [0.2, 0.25) is 0 Å². The molecule has 8 unspecified atom stereocenters. The second kappa shape index (κ2) is 7.75. The lowest BCUT2D eigenvalue weighted by molar-refractivity contribution is -0.256. The van der Waals surface area contributed by atoms with Gasteiger partial charge in [-0.15, -0.1) is 0 Å². The minimum Gasteiger partial charge on any atom is -0.393 e. The SMILES string of the molecule is C[C@H](CCC(C)(O)C(F)(F)F)C1CCC2C3CC=C4CC(O)CCC4(C)C3CCC21C. The van der Waals surface area contributed by atoms with E-state index in [1.54, 1.807) is 0 Å². The van der Waals surface area contributed by atoms with E-state index in [-0.39, 0.29) is 29.3 Å². The molecule has 0 heterocycles. The van der Waals surface area contributed by atoms with Crippen molar-refractivity contribution in [1.29, 1.82) is 0 Å². The summed E-state index contributed by atoms with van der Waals surface area (Å²) in [5, 5.41) is 20.1. The molecule has 0 spiro atoms. The minimum absolute atomic E-state index is 0.185. The Morgan fingerprint density at radius 3 is 2.48 bits per heavy atom. The lowest BCUT2D eigenvalue weighted by Gasteiger charge is -2.58. The Balaban J connectivity index is 1.48. The fraction of sp³-hybridized carbons (Fsp3) is 0.923. The average Bonchev–Trinajstić information content (AvgIpc) is 3.03. The first kappa shape index (κ1) is 23.6. The molecule has 0 aliphatic heterocycles. The zero-order chi connectivity index (χ0) is 22.8. The largest absolute Gasteiger partial charge is 0.416 e. The molecule has 0 aromatic heterocycles. The van der Waals surface area contributed by atoms with Gasteiger partial charge in [-0.25, -0.2) is 0 Å². The molecule has 0 bridgehead atoms. The predicted octanol–water partition coefficient (Wildman–Crippen LogP) is 6.66. The standard InChI is InChI=1S/C26H41F3O2/c1-16(9-14-25(4,31)26(27,28)29)20-7-8-21-19-6-5-17-15-18(30)10-12-23(17,2)22(19)11-13-24(20,21)3/h5,16,18-22,30-31H,6-15H2,1-4H3/t16-,18?,19?,20?,21?,22?,23?,24?,25?/m1/s1. The first-order chi connectivity index (χ1) is 14.3. The van der Waals surface area contributed by atoms with Crippen molar-refractivity contribution in [3.63, 3.8) is 0 Å². The summed E-state index contributed by atoms with van der Waals surface area (Å²) in [6.45, 7) is 7.87. The highest BCUT2D eigenvalue weighted by Crippen LogP contribution is 2.67. The van der Waals surface area contributed by atoms with Gasteiger partial charge >= 0.3 is 6.18 Å². The monoisotopic (exact) mass is 442 g/mol. The number of rotatable bonds is 4. The maximum absolute atomic E-state index is 13.1. The smallest absolute Gasteiger partial charge is 0.393 e. The van der Waals surface area contributed by atoms with E-state index in [0.717, 1.165) is 45.4 Å². The van der Waals surface area contributed by atoms with E-state index in [0.29, 0.717) is 30.1 Å². The Bertz CT molecular complexity index is 714. The summed E-state index contributed by atoms with van der Waals surface area (Å²) in [6, 6.07) is 0. The number of hydrogen-bond acceptors (Lipinski definition) is 2. The molecule has 178 valence electrons. The molecule has 0 amide bonds. The van der Waals surface area contributed by atoms with E-state index in [9.17, 15) is 23.4 Å². The molecule has 4 rings (SSSR count). The van der Waals surface area contributed by atoms with Crippen LogP contribution in [0.4, 0.5) is 13.2 Å². The third-order valence-electron chi connectivity index (χ3n) is 10.5. The van der Waals surface area contributed by atoms with Crippen LogP contribution in [0.5, 0.6) is 0 Å². The highest BCUT2D eigenvalue weighted by Gasteiger charge is 2.59. The molecular weight excluding hydrogens is 401 g/mol. The molecule has 0 aromatic carbocycles. The summed E-state index contributed by atoms with van der Waals surface area (Å²) >= 11 is 0. The minimum atomic E-state index is -4.57. The van der Waals surface area contributed by atoms with Crippen molar-refractivity contribution < 1.29 is 23.4 Å². The van der Waals surface area contributed by atoms with Crippen LogP contribution in [0.15, 0.2) is 11.6 Å². The van der Waals surface area contributed by atoms with Crippen molar-refractivity contribution in [2.45, 2.75) is 110 Å². The Hall–Kier alpha value is -0.550. The topological polar surface area (TPSA) is 40.5 Å². The fourth-order valence-corrected chi connectivity index (χ4v) is 8.47.